The van der Waals surface area contributed by atoms with Gasteiger partial charge in [-0.05, 0) is 81.5 Å². The Kier molecular flexibility index (Phi) is 24.6. The molecule has 5 atom stereocenters. The number of amides is 4. The zero-order valence-corrected chi connectivity index (χ0v) is 34.0. The van der Waals surface area contributed by atoms with Gasteiger partial charge in [-0.25, -0.2) is 0 Å². The molecule has 4 amide bonds. The van der Waals surface area contributed by atoms with Gasteiger partial charge in [0.2, 0.25) is 23.6 Å². The number of benzene rings is 1. The molecule has 0 bridgehead atoms. The molecule has 0 saturated carbocycles. The van der Waals surface area contributed by atoms with Crippen molar-refractivity contribution >= 4 is 47.3 Å². The number of Topliss-reactive ketones (excluding diaryl/α,β-unsaturated/α-hetero) is 1. The van der Waals surface area contributed by atoms with Gasteiger partial charge in [0, 0.05) is 13.0 Å². The van der Waals surface area contributed by atoms with E-state index in [0.717, 1.165) is 19.3 Å². The molecule has 0 aliphatic carbocycles. The van der Waals surface area contributed by atoms with E-state index in [9.17, 15) is 43.8 Å². The number of esters is 1. The Balaban J connectivity index is 3.23. The van der Waals surface area contributed by atoms with Crippen LogP contribution in [0.15, 0.2) is 29.3 Å². The molecule has 0 aliphatic heterocycles. The second kappa shape index (κ2) is 28.2. The number of nitrogens with one attached hydrogen (secondary N) is 4. The molecular formula is C39H65N9O10. The lowest BCUT2D eigenvalue weighted by molar-refractivity contribution is -0.147. The van der Waals surface area contributed by atoms with Crippen LogP contribution in [-0.4, -0.2) is 107 Å². The van der Waals surface area contributed by atoms with Crippen LogP contribution >= 0.6 is 0 Å². The number of phenolic OH excluding ortho intramolecular Hbond substituents is 1. The van der Waals surface area contributed by atoms with E-state index in [4.69, 9.17) is 27.7 Å². The monoisotopic (exact) mass is 819 g/mol. The van der Waals surface area contributed by atoms with Crippen molar-refractivity contribution in [2.24, 2.45) is 33.8 Å². The van der Waals surface area contributed by atoms with E-state index in [1.807, 2.05) is 6.92 Å². The number of aromatic hydroxyl groups is 1. The van der Waals surface area contributed by atoms with Crippen LogP contribution in [0.3, 0.4) is 0 Å². The van der Waals surface area contributed by atoms with Gasteiger partial charge in [-0.1, -0.05) is 52.2 Å². The number of ketones is 1. The molecule has 0 unspecified atom stereocenters. The van der Waals surface area contributed by atoms with Crippen LogP contribution in [-0.2, 0) is 44.7 Å². The molecule has 58 heavy (non-hydrogen) atoms. The predicted octanol–water partition coefficient (Wildman–Crippen LogP) is -0.0127. The molecule has 1 aromatic rings. The van der Waals surface area contributed by atoms with Gasteiger partial charge in [-0.3, -0.25) is 38.6 Å². The van der Waals surface area contributed by atoms with E-state index in [0.29, 0.717) is 37.8 Å². The number of unbranched alkanes of at least 4 members (excludes halogenated alkanes) is 4. The number of carbonyl (C=O) groups excluding carboxylic acids is 6. The normalized spacial score (nSPS) is 13.6. The molecule has 19 heteroatoms. The number of hydrogen-bond acceptors (Lipinski definition) is 12. The van der Waals surface area contributed by atoms with Crippen molar-refractivity contribution in [3.63, 3.8) is 0 Å². The van der Waals surface area contributed by atoms with Crippen LogP contribution in [0, 0.1) is 5.92 Å². The summed E-state index contributed by atoms with van der Waals surface area (Å²) in [5, 5.41) is 29.5. The molecule has 19 nitrogen and oxygen atoms in total. The highest BCUT2D eigenvalue weighted by molar-refractivity contribution is 6.01. The zero-order chi connectivity index (χ0) is 43.6. The molecule has 0 saturated heterocycles. The fourth-order valence-corrected chi connectivity index (χ4v) is 5.69. The fraction of sp³-hybridized carbons (Fsp3) is 0.641. The van der Waals surface area contributed by atoms with Gasteiger partial charge in [0.05, 0.1) is 18.7 Å². The van der Waals surface area contributed by atoms with Gasteiger partial charge >= 0.3 is 11.9 Å². The Morgan fingerprint density at radius 1 is 0.759 bits per heavy atom. The highest BCUT2D eigenvalue weighted by atomic mass is 16.5. The number of aliphatic imine (C=N–C) groups is 1. The van der Waals surface area contributed by atoms with Crippen molar-refractivity contribution in [3.05, 3.63) is 29.8 Å². The molecule has 0 aliphatic rings. The maximum Gasteiger partial charge on any atom is 0.313 e. The largest absolute Gasteiger partial charge is 0.508 e. The third-order valence-electron chi connectivity index (χ3n) is 9.07. The van der Waals surface area contributed by atoms with Gasteiger partial charge in [0.25, 0.3) is 0 Å². The summed E-state index contributed by atoms with van der Waals surface area (Å²) in [4.78, 5) is 95.6. The fourth-order valence-electron chi connectivity index (χ4n) is 5.69. The minimum atomic E-state index is -1.46. The van der Waals surface area contributed by atoms with Crippen molar-refractivity contribution in [2.75, 3.05) is 19.7 Å². The lowest BCUT2D eigenvalue weighted by Crippen LogP contribution is -2.59. The summed E-state index contributed by atoms with van der Waals surface area (Å²) in [7, 11) is 0. The first-order chi connectivity index (χ1) is 27.5. The van der Waals surface area contributed by atoms with Gasteiger partial charge in [0.1, 0.15) is 30.3 Å². The molecule has 1 rings (SSSR count). The third-order valence-corrected chi connectivity index (χ3v) is 9.07. The van der Waals surface area contributed by atoms with Crippen molar-refractivity contribution < 1.29 is 48.5 Å². The van der Waals surface area contributed by atoms with Crippen molar-refractivity contribution in [2.45, 2.75) is 134 Å². The first-order valence-electron chi connectivity index (χ1n) is 19.9. The predicted molar refractivity (Wildman–Crippen MR) is 217 cm³/mol. The average Bonchev–Trinajstić information content (AvgIpc) is 3.16. The molecule has 0 fully saturated rings. The topological polar surface area (TPSA) is 334 Å². The highest BCUT2D eigenvalue weighted by Crippen LogP contribution is 2.14. The number of carbonyl (C=O) groups is 7. The summed E-state index contributed by atoms with van der Waals surface area (Å²) in [5.74, 6) is -6.44. The van der Waals surface area contributed by atoms with Gasteiger partial charge < -0.3 is 59.2 Å². The van der Waals surface area contributed by atoms with E-state index in [-0.39, 0.29) is 50.5 Å². The van der Waals surface area contributed by atoms with Crippen molar-refractivity contribution in [1.29, 1.82) is 0 Å². The second-order valence-electron chi connectivity index (χ2n) is 14.5. The van der Waals surface area contributed by atoms with Crippen LogP contribution < -0.4 is 44.2 Å². The summed E-state index contributed by atoms with van der Waals surface area (Å²) in [6, 6.07) is -0.225. The molecule has 0 spiro atoms. The Morgan fingerprint density at radius 3 is 1.98 bits per heavy atom. The van der Waals surface area contributed by atoms with E-state index in [1.54, 1.807) is 26.0 Å². The Morgan fingerprint density at radius 2 is 1.38 bits per heavy atom. The summed E-state index contributed by atoms with van der Waals surface area (Å²) in [6.07, 6.45) is 3.58. The van der Waals surface area contributed by atoms with E-state index >= 15 is 0 Å². The molecular weight excluding hydrogens is 754 g/mol. The van der Waals surface area contributed by atoms with Crippen LogP contribution in [0.4, 0.5) is 0 Å². The van der Waals surface area contributed by atoms with Crippen molar-refractivity contribution in [1.82, 2.24) is 21.3 Å². The number of guanidine groups is 1. The number of carboxylic acid groups (broad SMARTS) is 1. The standard InChI is InChI=1S/C39H65N9O10/c1-4-5-6-9-21-58-33(53)23-31(50)30(22-25-13-15-26(49)16-14-25)47-38(57)34(24(2)3)48-37(56)29(17-18-32(51)52)46-36(55)28(12-7-8-19-40)45-35(54)27(41)11-10-20-44-39(42)43/h13-16,24,27-30,34,49H,4-12,17-23,40-41H2,1-3H3,(H,45,54)(H,46,55)(H,47,57)(H,48,56)(H,51,52)(H4,42,43,44)/t27-,28-,29-,30-,34-/m0/s1. The summed E-state index contributed by atoms with van der Waals surface area (Å²) in [5.41, 5.74) is 22.9. The van der Waals surface area contributed by atoms with Crippen molar-refractivity contribution in [3.8, 4) is 5.75 Å². The Bertz CT molecular complexity index is 1500. The van der Waals surface area contributed by atoms with Crippen LogP contribution in [0.25, 0.3) is 0 Å². The van der Waals surface area contributed by atoms with Gasteiger partial charge in [-0.2, -0.15) is 0 Å². The maximum atomic E-state index is 13.8. The number of phenols is 1. The van der Waals surface area contributed by atoms with E-state index in [2.05, 4.69) is 26.3 Å². The summed E-state index contributed by atoms with van der Waals surface area (Å²) in [6.45, 7) is 6.02. The summed E-state index contributed by atoms with van der Waals surface area (Å²) >= 11 is 0. The second-order valence-corrected chi connectivity index (χ2v) is 14.5. The van der Waals surface area contributed by atoms with E-state index in [1.165, 1.54) is 12.1 Å². The third kappa shape index (κ3) is 21.3. The smallest absolute Gasteiger partial charge is 0.313 e. The molecule has 0 aromatic heterocycles. The molecule has 1 aromatic carbocycles. The number of aliphatic carboxylic acids is 1. The average molecular weight is 820 g/mol. The van der Waals surface area contributed by atoms with Gasteiger partial charge in [-0.15, -0.1) is 0 Å². The Labute approximate surface area is 340 Å². The van der Waals surface area contributed by atoms with Crippen LogP contribution in [0.2, 0.25) is 0 Å². The highest BCUT2D eigenvalue weighted by Gasteiger charge is 2.34. The molecule has 14 N–H and O–H groups in total. The number of nitrogens with zero attached hydrogens (tertiary/aromatic N) is 1. The quantitative estimate of drug-likeness (QED) is 0.0161. The number of ether oxygens (including phenoxy) is 1. The minimum Gasteiger partial charge on any atom is -0.508 e. The van der Waals surface area contributed by atoms with E-state index < -0.39 is 90.3 Å². The lowest BCUT2D eigenvalue weighted by atomic mass is 9.97. The molecule has 326 valence electrons. The number of nitrogens with two attached hydrogens (primary N) is 4. The van der Waals surface area contributed by atoms with Gasteiger partial charge in [0.15, 0.2) is 11.7 Å². The first kappa shape index (κ1) is 50.7. The number of rotatable bonds is 30. The zero-order valence-electron chi connectivity index (χ0n) is 34.0. The number of carboxylic acids is 1. The van der Waals surface area contributed by atoms with Crippen LogP contribution in [0.5, 0.6) is 5.75 Å². The summed E-state index contributed by atoms with van der Waals surface area (Å²) < 4.78 is 5.23. The molecule has 0 radical (unpaired) electrons. The number of hydrogen-bond donors (Lipinski definition) is 10. The SMILES string of the molecule is CCCCCCOC(=O)CC(=O)[C@H](Cc1ccc(O)cc1)NC(=O)[C@@H](NC(=O)[C@H](CCC(=O)O)NC(=O)[C@H](CCCCN)NC(=O)[C@@H](N)CCCN=C(N)N)C(C)C. The minimum absolute atomic E-state index is 0.0155. The lowest BCUT2D eigenvalue weighted by Gasteiger charge is -2.28. The molecule has 0 heterocycles. The first-order valence-corrected chi connectivity index (χ1v) is 19.9. The Hall–Kier alpha value is -5.30. The maximum absolute atomic E-state index is 13.8. The van der Waals surface area contributed by atoms with Crippen LogP contribution in [0.1, 0.15) is 103 Å².